The van der Waals surface area contributed by atoms with Gasteiger partial charge in [-0.15, -0.1) is 16.8 Å². The second-order valence-electron chi connectivity index (χ2n) is 5.89. The zero-order valence-electron chi connectivity index (χ0n) is 13.1. The molecule has 0 radical (unpaired) electrons. The van der Waals surface area contributed by atoms with E-state index in [1.807, 2.05) is 22.5 Å². The van der Waals surface area contributed by atoms with Crippen LogP contribution >= 0.6 is 11.8 Å². The van der Waals surface area contributed by atoms with E-state index in [1.54, 1.807) is 0 Å². The SMILES string of the molecule is C=CCn1c(C)nnc1SCC(=O)N(CC(C)C)C1CC1. The topological polar surface area (TPSA) is 51.0 Å². The number of carbonyl (C=O) groups excluding carboxylic acids is 1. The molecule has 0 spiro atoms. The zero-order valence-corrected chi connectivity index (χ0v) is 13.9. The van der Waals surface area contributed by atoms with E-state index >= 15 is 0 Å². The maximum absolute atomic E-state index is 12.4. The van der Waals surface area contributed by atoms with Crippen molar-refractivity contribution in [2.45, 2.75) is 51.4 Å². The van der Waals surface area contributed by atoms with Gasteiger partial charge in [-0.2, -0.15) is 0 Å². The third kappa shape index (κ3) is 4.33. The number of thioether (sulfide) groups is 1. The average Bonchev–Trinajstić information content (AvgIpc) is 3.21. The lowest BCUT2D eigenvalue weighted by atomic mass is 10.2. The molecule has 1 amide bonds. The number of rotatable bonds is 8. The van der Waals surface area contributed by atoms with Crippen LogP contribution in [0.5, 0.6) is 0 Å². The van der Waals surface area contributed by atoms with E-state index in [1.165, 1.54) is 11.8 Å². The Balaban J connectivity index is 1.95. The van der Waals surface area contributed by atoms with Crippen molar-refractivity contribution in [3.05, 3.63) is 18.5 Å². The van der Waals surface area contributed by atoms with Gasteiger partial charge >= 0.3 is 0 Å². The fourth-order valence-electron chi connectivity index (χ4n) is 2.25. The van der Waals surface area contributed by atoms with Crippen LogP contribution in [-0.4, -0.2) is 43.9 Å². The molecule has 1 aromatic rings. The van der Waals surface area contributed by atoms with Gasteiger partial charge in [0.25, 0.3) is 0 Å². The Morgan fingerprint density at radius 2 is 2.24 bits per heavy atom. The highest BCUT2D eigenvalue weighted by Gasteiger charge is 2.32. The van der Waals surface area contributed by atoms with Crippen molar-refractivity contribution in [3.8, 4) is 0 Å². The van der Waals surface area contributed by atoms with Crippen LogP contribution in [0, 0.1) is 12.8 Å². The van der Waals surface area contributed by atoms with E-state index in [2.05, 4.69) is 30.6 Å². The zero-order chi connectivity index (χ0) is 15.4. The van der Waals surface area contributed by atoms with Crippen LogP contribution in [0.4, 0.5) is 0 Å². The first-order chi connectivity index (χ1) is 10.0. The van der Waals surface area contributed by atoms with Gasteiger partial charge in [-0.25, -0.2) is 0 Å². The molecule has 1 heterocycles. The Labute approximate surface area is 130 Å². The first-order valence-electron chi connectivity index (χ1n) is 7.46. The molecule has 5 nitrogen and oxygen atoms in total. The van der Waals surface area contributed by atoms with Gasteiger partial charge in [0.1, 0.15) is 5.82 Å². The van der Waals surface area contributed by atoms with Crippen LogP contribution in [-0.2, 0) is 11.3 Å². The Hall–Kier alpha value is -1.30. The minimum absolute atomic E-state index is 0.210. The van der Waals surface area contributed by atoms with E-state index < -0.39 is 0 Å². The molecule has 0 unspecified atom stereocenters. The predicted octanol–water partition coefficient (Wildman–Crippen LogP) is 2.51. The fourth-order valence-corrected chi connectivity index (χ4v) is 3.13. The lowest BCUT2D eigenvalue weighted by Gasteiger charge is -2.24. The van der Waals surface area contributed by atoms with Gasteiger partial charge in [0.2, 0.25) is 5.91 Å². The number of aryl methyl sites for hydroxylation is 1. The van der Waals surface area contributed by atoms with Gasteiger partial charge in [-0.1, -0.05) is 31.7 Å². The quantitative estimate of drug-likeness (QED) is 0.547. The minimum Gasteiger partial charge on any atom is -0.339 e. The van der Waals surface area contributed by atoms with E-state index in [4.69, 9.17) is 0 Å². The van der Waals surface area contributed by atoms with Crippen LogP contribution < -0.4 is 0 Å². The molecule has 1 fully saturated rings. The molecule has 2 rings (SSSR count). The first-order valence-corrected chi connectivity index (χ1v) is 8.44. The van der Waals surface area contributed by atoms with Crippen molar-refractivity contribution in [2.75, 3.05) is 12.3 Å². The van der Waals surface area contributed by atoms with E-state index in [9.17, 15) is 4.79 Å². The van der Waals surface area contributed by atoms with Crippen molar-refractivity contribution >= 4 is 17.7 Å². The van der Waals surface area contributed by atoms with Crippen molar-refractivity contribution in [2.24, 2.45) is 5.92 Å². The molecule has 1 aliphatic carbocycles. The summed E-state index contributed by atoms with van der Waals surface area (Å²) in [4.78, 5) is 14.5. The molecule has 0 aromatic carbocycles. The van der Waals surface area contributed by atoms with Gasteiger partial charge in [0, 0.05) is 19.1 Å². The number of allylic oxidation sites excluding steroid dienone is 1. The summed E-state index contributed by atoms with van der Waals surface area (Å²) in [6, 6.07) is 0.466. The Morgan fingerprint density at radius 3 is 2.81 bits per heavy atom. The standard InChI is InChI=1S/C15H24N4OS/c1-5-8-18-12(4)16-17-15(18)21-10-14(20)19(9-11(2)3)13-6-7-13/h5,11,13H,1,6-10H2,2-4H3. The van der Waals surface area contributed by atoms with Gasteiger partial charge < -0.3 is 9.47 Å². The number of carbonyl (C=O) groups is 1. The molecule has 1 aliphatic rings. The highest BCUT2D eigenvalue weighted by Crippen LogP contribution is 2.29. The van der Waals surface area contributed by atoms with Crippen molar-refractivity contribution in [3.63, 3.8) is 0 Å². The van der Waals surface area contributed by atoms with Crippen LogP contribution in [0.1, 0.15) is 32.5 Å². The number of hydrogen-bond donors (Lipinski definition) is 0. The monoisotopic (exact) mass is 308 g/mol. The molecule has 0 atom stereocenters. The maximum Gasteiger partial charge on any atom is 0.233 e. The second-order valence-corrected chi connectivity index (χ2v) is 6.83. The molecule has 0 saturated heterocycles. The minimum atomic E-state index is 0.210. The third-order valence-corrected chi connectivity index (χ3v) is 4.36. The fraction of sp³-hybridized carbons (Fsp3) is 0.667. The second kappa shape index (κ2) is 7.11. The Kier molecular flexibility index (Phi) is 5.45. The largest absolute Gasteiger partial charge is 0.339 e. The molecule has 116 valence electrons. The molecule has 0 bridgehead atoms. The Bertz CT molecular complexity index is 508. The van der Waals surface area contributed by atoms with E-state index in [-0.39, 0.29) is 5.91 Å². The van der Waals surface area contributed by atoms with Gasteiger partial charge in [0.05, 0.1) is 5.75 Å². The summed E-state index contributed by atoms with van der Waals surface area (Å²) in [6.45, 7) is 11.5. The smallest absolute Gasteiger partial charge is 0.233 e. The first kappa shape index (κ1) is 16.1. The number of aromatic nitrogens is 3. The van der Waals surface area contributed by atoms with E-state index in [0.717, 1.165) is 30.4 Å². The molecule has 1 saturated carbocycles. The molecule has 6 heteroatoms. The molecular formula is C15H24N4OS. The average molecular weight is 308 g/mol. The summed E-state index contributed by atoms with van der Waals surface area (Å²) in [5, 5.41) is 9.01. The summed E-state index contributed by atoms with van der Waals surface area (Å²) >= 11 is 1.47. The van der Waals surface area contributed by atoms with Crippen LogP contribution in [0.25, 0.3) is 0 Å². The molecule has 0 N–H and O–H groups in total. The maximum atomic E-state index is 12.4. The van der Waals surface area contributed by atoms with Crippen LogP contribution in [0.3, 0.4) is 0 Å². The van der Waals surface area contributed by atoms with Gasteiger partial charge in [0.15, 0.2) is 5.16 Å². The third-order valence-electron chi connectivity index (χ3n) is 3.41. The Morgan fingerprint density at radius 1 is 1.52 bits per heavy atom. The normalized spacial score (nSPS) is 14.5. The molecular weight excluding hydrogens is 284 g/mol. The molecule has 1 aromatic heterocycles. The number of nitrogens with zero attached hydrogens (tertiary/aromatic N) is 4. The van der Waals surface area contributed by atoms with Gasteiger partial charge in [-0.3, -0.25) is 4.79 Å². The van der Waals surface area contributed by atoms with Crippen LogP contribution in [0.15, 0.2) is 17.8 Å². The highest BCUT2D eigenvalue weighted by molar-refractivity contribution is 7.99. The predicted molar refractivity (Wildman–Crippen MR) is 85.3 cm³/mol. The molecule has 0 aliphatic heterocycles. The van der Waals surface area contributed by atoms with Crippen LogP contribution in [0.2, 0.25) is 0 Å². The molecule has 21 heavy (non-hydrogen) atoms. The van der Waals surface area contributed by atoms with Crippen molar-refractivity contribution in [1.82, 2.24) is 19.7 Å². The van der Waals surface area contributed by atoms with Crippen molar-refractivity contribution in [1.29, 1.82) is 0 Å². The summed E-state index contributed by atoms with van der Waals surface area (Å²) in [5.74, 6) is 2.00. The van der Waals surface area contributed by atoms with E-state index in [0.29, 0.717) is 24.3 Å². The summed E-state index contributed by atoms with van der Waals surface area (Å²) in [6.07, 6.45) is 4.11. The number of hydrogen-bond acceptors (Lipinski definition) is 4. The van der Waals surface area contributed by atoms with Crippen molar-refractivity contribution < 1.29 is 4.79 Å². The number of amides is 1. The summed E-state index contributed by atoms with van der Waals surface area (Å²) in [5.41, 5.74) is 0. The lowest BCUT2D eigenvalue weighted by Crippen LogP contribution is -2.37. The summed E-state index contributed by atoms with van der Waals surface area (Å²) in [7, 11) is 0. The highest BCUT2D eigenvalue weighted by atomic mass is 32.2. The van der Waals surface area contributed by atoms with Gasteiger partial charge in [-0.05, 0) is 25.7 Å². The lowest BCUT2D eigenvalue weighted by molar-refractivity contribution is -0.129. The summed E-state index contributed by atoms with van der Waals surface area (Å²) < 4.78 is 1.98.